The zero-order valence-electron chi connectivity index (χ0n) is 11.3. The van der Waals surface area contributed by atoms with E-state index in [4.69, 9.17) is 10.5 Å². The van der Waals surface area contributed by atoms with Gasteiger partial charge in [0.1, 0.15) is 12.9 Å². The van der Waals surface area contributed by atoms with Crippen LogP contribution in [0.25, 0.3) is 0 Å². The van der Waals surface area contributed by atoms with Gasteiger partial charge in [0, 0.05) is 12.6 Å². The molecule has 0 aliphatic heterocycles. The summed E-state index contributed by atoms with van der Waals surface area (Å²) in [6.07, 6.45) is 3.40. The monoisotopic (exact) mass is 240 g/mol. The molecule has 1 heterocycles. The van der Waals surface area contributed by atoms with E-state index in [1.165, 1.54) is 0 Å². The molecular formula is C12H24N4O. The van der Waals surface area contributed by atoms with Crippen LogP contribution < -0.4 is 5.73 Å². The van der Waals surface area contributed by atoms with E-state index in [-0.39, 0.29) is 5.60 Å². The van der Waals surface area contributed by atoms with Crippen molar-refractivity contribution in [3.63, 3.8) is 0 Å². The first-order valence-electron chi connectivity index (χ1n) is 6.31. The Morgan fingerprint density at radius 2 is 2.06 bits per heavy atom. The highest BCUT2D eigenvalue weighted by Gasteiger charge is 2.25. The van der Waals surface area contributed by atoms with Crippen LogP contribution in [0.1, 0.15) is 52.4 Å². The molecule has 0 saturated heterocycles. The average molecular weight is 240 g/mol. The van der Waals surface area contributed by atoms with Gasteiger partial charge in [-0.2, -0.15) is 5.10 Å². The van der Waals surface area contributed by atoms with Gasteiger partial charge in [0.25, 0.3) is 0 Å². The second kappa shape index (κ2) is 6.12. The number of aromatic nitrogens is 3. The third kappa shape index (κ3) is 3.26. The summed E-state index contributed by atoms with van der Waals surface area (Å²) in [6.45, 7) is 9.36. The summed E-state index contributed by atoms with van der Waals surface area (Å²) in [5, 5.41) is 4.19. The van der Waals surface area contributed by atoms with Crippen molar-refractivity contribution in [2.45, 2.75) is 58.8 Å². The van der Waals surface area contributed by atoms with E-state index in [1.54, 1.807) is 6.33 Å². The number of nitrogens with two attached hydrogens (primary N) is 1. The Morgan fingerprint density at radius 1 is 1.41 bits per heavy atom. The third-order valence-electron chi connectivity index (χ3n) is 3.30. The van der Waals surface area contributed by atoms with Gasteiger partial charge >= 0.3 is 0 Å². The van der Waals surface area contributed by atoms with E-state index in [0.29, 0.717) is 19.2 Å². The smallest absolute Gasteiger partial charge is 0.153 e. The highest BCUT2D eigenvalue weighted by molar-refractivity contribution is 4.86. The van der Waals surface area contributed by atoms with Crippen LogP contribution in [-0.4, -0.2) is 26.9 Å². The first kappa shape index (κ1) is 14.1. The molecule has 17 heavy (non-hydrogen) atoms. The summed E-state index contributed by atoms with van der Waals surface area (Å²) in [5.74, 6) is 0.861. The van der Waals surface area contributed by atoms with Crippen LogP contribution in [0.4, 0.5) is 0 Å². The molecule has 5 heteroatoms. The second-order valence-electron chi connectivity index (χ2n) is 4.60. The van der Waals surface area contributed by atoms with Gasteiger partial charge in [0.2, 0.25) is 0 Å². The maximum atomic E-state index is 5.96. The molecule has 0 aliphatic rings. The van der Waals surface area contributed by atoms with Crippen LogP contribution in [0.2, 0.25) is 0 Å². The normalized spacial score (nSPS) is 12.4. The molecule has 98 valence electrons. The molecule has 0 aromatic carbocycles. The van der Waals surface area contributed by atoms with Gasteiger partial charge in [0.05, 0.1) is 5.60 Å². The Bertz CT molecular complexity index is 323. The maximum Gasteiger partial charge on any atom is 0.153 e. The summed E-state index contributed by atoms with van der Waals surface area (Å²) in [6, 6.07) is 0.298. The Hall–Kier alpha value is -0.940. The third-order valence-corrected chi connectivity index (χ3v) is 3.30. The fourth-order valence-electron chi connectivity index (χ4n) is 1.83. The molecule has 1 rings (SSSR count). The topological polar surface area (TPSA) is 66.0 Å². The molecule has 1 aromatic rings. The van der Waals surface area contributed by atoms with E-state index in [9.17, 15) is 0 Å². The zero-order chi connectivity index (χ0) is 12.9. The molecule has 0 aliphatic carbocycles. The molecule has 0 radical (unpaired) electrons. The molecule has 0 fully saturated rings. The Labute approximate surface area is 103 Å². The predicted octanol–water partition coefficient (Wildman–Crippen LogP) is 1.89. The highest BCUT2D eigenvalue weighted by Crippen LogP contribution is 2.21. The van der Waals surface area contributed by atoms with Gasteiger partial charge in [-0.1, -0.05) is 13.8 Å². The highest BCUT2D eigenvalue weighted by atomic mass is 16.5. The number of rotatable bonds is 7. The molecule has 2 N–H and O–H groups in total. The minimum atomic E-state index is -0.228. The summed E-state index contributed by atoms with van der Waals surface area (Å²) in [7, 11) is 0. The molecular weight excluding hydrogens is 216 g/mol. The molecule has 0 bridgehead atoms. The fraction of sp³-hybridized carbons (Fsp3) is 0.833. The lowest BCUT2D eigenvalue weighted by atomic mass is 9.97. The van der Waals surface area contributed by atoms with Crippen molar-refractivity contribution in [1.29, 1.82) is 0 Å². The predicted molar refractivity (Wildman–Crippen MR) is 67.6 cm³/mol. The Morgan fingerprint density at radius 3 is 2.53 bits per heavy atom. The van der Waals surface area contributed by atoms with Gasteiger partial charge in [-0.15, -0.1) is 0 Å². The molecule has 1 aromatic heterocycles. The molecule has 0 unspecified atom stereocenters. The maximum absolute atomic E-state index is 5.96. The van der Waals surface area contributed by atoms with Gasteiger partial charge < -0.3 is 10.5 Å². The first-order valence-corrected chi connectivity index (χ1v) is 6.31. The second-order valence-corrected chi connectivity index (χ2v) is 4.60. The van der Waals surface area contributed by atoms with E-state index in [2.05, 4.69) is 37.8 Å². The van der Waals surface area contributed by atoms with E-state index in [1.807, 2.05) is 4.68 Å². The van der Waals surface area contributed by atoms with Crippen molar-refractivity contribution < 1.29 is 4.74 Å². The van der Waals surface area contributed by atoms with Crippen molar-refractivity contribution in [2.24, 2.45) is 5.73 Å². The van der Waals surface area contributed by atoms with E-state index >= 15 is 0 Å². The average Bonchev–Trinajstić information content (AvgIpc) is 2.80. The van der Waals surface area contributed by atoms with Crippen molar-refractivity contribution in [2.75, 3.05) is 6.54 Å². The standard InChI is InChI=1S/C12H24N4O/c1-5-12(6-2,8-13)17-7-11-14-9-15-16(11)10(3)4/h9-10H,5-8,13H2,1-4H3. The molecule has 0 saturated carbocycles. The lowest BCUT2D eigenvalue weighted by Gasteiger charge is -2.30. The summed E-state index contributed by atoms with van der Waals surface area (Å²) < 4.78 is 7.85. The van der Waals surface area contributed by atoms with Crippen molar-refractivity contribution in [3.8, 4) is 0 Å². The van der Waals surface area contributed by atoms with Gasteiger partial charge in [-0.05, 0) is 26.7 Å². The van der Waals surface area contributed by atoms with Crippen molar-refractivity contribution >= 4 is 0 Å². The molecule has 5 nitrogen and oxygen atoms in total. The van der Waals surface area contributed by atoms with Crippen LogP contribution in [0, 0.1) is 0 Å². The lowest BCUT2D eigenvalue weighted by molar-refractivity contribution is -0.0593. The SMILES string of the molecule is CCC(CC)(CN)OCc1ncnn1C(C)C. The molecule has 0 atom stereocenters. The Balaban J connectivity index is 2.69. The van der Waals surface area contributed by atoms with E-state index in [0.717, 1.165) is 18.7 Å². The van der Waals surface area contributed by atoms with E-state index < -0.39 is 0 Å². The first-order chi connectivity index (χ1) is 8.08. The molecule has 0 amide bonds. The number of ether oxygens (including phenoxy) is 1. The summed E-state index contributed by atoms with van der Waals surface area (Å²) >= 11 is 0. The fourth-order valence-corrected chi connectivity index (χ4v) is 1.83. The van der Waals surface area contributed by atoms with Crippen molar-refractivity contribution in [3.05, 3.63) is 12.2 Å². The minimum absolute atomic E-state index is 0.228. The Kier molecular flexibility index (Phi) is 5.08. The lowest BCUT2D eigenvalue weighted by Crippen LogP contribution is -2.39. The van der Waals surface area contributed by atoms with Crippen LogP contribution in [-0.2, 0) is 11.3 Å². The van der Waals surface area contributed by atoms with Gasteiger partial charge in [-0.3, -0.25) is 0 Å². The molecule has 0 spiro atoms. The summed E-state index contributed by atoms with van der Waals surface area (Å²) in [4.78, 5) is 4.23. The van der Waals surface area contributed by atoms with Gasteiger partial charge in [0.15, 0.2) is 5.82 Å². The zero-order valence-corrected chi connectivity index (χ0v) is 11.3. The van der Waals surface area contributed by atoms with Crippen LogP contribution >= 0.6 is 0 Å². The quantitative estimate of drug-likeness (QED) is 0.790. The number of hydrogen-bond donors (Lipinski definition) is 1. The number of nitrogens with zero attached hydrogens (tertiary/aromatic N) is 3. The van der Waals surface area contributed by atoms with Crippen LogP contribution in [0.5, 0.6) is 0 Å². The minimum Gasteiger partial charge on any atom is -0.366 e. The van der Waals surface area contributed by atoms with Crippen LogP contribution in [0.15, 0.2) is 6.33 Å². The van der Waals surface area contributed by atoms with Crippen LogP contribution in [0.3, 0.4) is 0 Å². The van der Waals surface area contributed by atoms with Gasteiger partial charge in [-0.25, -0.2) is 9.67 Å². The largest absolute Gasteiger partial charge is 0.366 e. The number of hydrogen-bond acceptors (Lipinski definition) is 4. The summed E-state index contributed by atoms with van der Waals surface area (Å²) in [5.41, 5.74) is 5.57. The van der Waals surface area contributed by atoms with Crippen molar-refractivity contribution in [1.82, 2.24) is 14.8 Å².